The monoisotopic (exact) mass is 527 g/mol. The van der Waals surface area contributed by atoms with E-state index in [2.05, 4.69) is 32.3 Å². The number of hydrogen-bond donors (Lipinski definition) is 0. The van der Waals surface area contributed by atoms with E-state index >= 15 is 0 Å². The second-order valence-electron chi connectivity index (χ2n) is 11.3. The molecule has 0 bridgehead atoms. The van der Waals surface area contributed by atoms with Crippen molar-refractivity contribution in [3.63, 3.8) is 0 Å². The van der Waals surface area contributed by atoms with Crippen molar-refractivity contribution >= 4 is 17.7 Å². The van der Waals surface area contributed by atoms with E-state index in [0.717, 1.165) is 56.6 Å². The van der Waals surface area contributed by atoms with Gasteiger partial charge in [0.1, 0.15) is 6.54 Å². The van der Waals surface area contributed by atoms with E-state index in [4.69, 9.17) is 0 Å². The Morgan fingerprint density at radius 1 is 0.868 bits per heavy atom. The van der Waals surface area contributed by atoms with Crippen LogP contribution < -0.4 is 0 Å². The summed E-state index contributed by atoms with van der Waals surface area (Å²) in [5.74, 6) is -0.409. The summed E-state index contributed by atoms with van der Waals surface area (Å²) < 4.78 is 1.45. The maximum atomic E-state index is 13.0. The third-order valence-electron chi connectivity index (χ3n) is 7.73. The first kappa shape index (κ1) is 31.2. The minimum Gasteiger partial charge on any atom is -0.339 e. The predicted octanol–water partition coefficient (Wildman–Crippen LogP) is 2.38. The molecule has 8 nitrogen and oxygen atoms in total. The minimum absolute atomic E-state index is 0.0162. The van der Waals surface area contributed by atoms with Gasteiger partial charge in [0, 0.05) is 26.7 Å². The second kappa shape index (κ2) is 14.8. The fourth-order valence-electron chi connectivity index (χ4n) is 5.18. The molecule has 8 heteroatoms. The lowest BCUT2D eigenvalue weighted by Crippen LogP contribution is -2.57. The molecule has 0 aliphatic carbocycles. The molecule has 1 aromatic carbocycles. The summed E-state index contributed by atoms with van der Waals surface area (Å²) in [5.41, 5.74) is 1.24. The summed E-state index contributed by atoms with van der Waals surface area (Å²) in [5, 5.41) is 0. The molecule has 1 heterocycles. The molecule has 1 atom stereocenters. The van der Waals surface area contributed by atoms with Crippen molar-refractivity contribution < 1.29 is 23.3 Å². The average Bonchev–Trinajstić information content (AvgIpc) is 2.88. The van der Waals surface area contributed by atoms with Gasteiger partial charge in [0.15, 0.2) is 6.54 Å². The number of likely N-dealkylation sites (tertiary alicyclic amines) is 1. The second-order valence-corrected chi connectivity index (χ2v) is 11.3. The van der Waals surface area contributed by atoms with Gasteiger partial charge in [-0.2, -0.15) is 0 Å². The van der Waals surface area contributed by atoms with Crippen LogP contribution in [0, 0.1) is 0 Å². The number of nitrogens with zero attached hydrogens (tertiary/aromatic N) is 5. The lowest BCUT2D eigenvalue weighted by atomic mass is 10.1. The zero-order chi connectivity index (χ0) is 28.2. The van der Waals surface area contributed by atoms with Gasteiger partial charge in [-0.1, -0.05) is 43.5 Å². The van der Waals surface area contributed by atoms with Crippen LogP contribution in [-0.2, 0) is 20.9 Å². The number of carbonyl (C=O) groups excluding carboxylic acids is 3. The van der Waals surface area contributed by atoms with Crippen LogP contribution in [0.1, 0.15) is 24.8 Å². The van der Waals surface area contributed by atoms with E-state index in [9.17, 15) is 14.4 Å². The van der Waals surface area contributed by atoms with Gasteiger partial charge in [0.25, 0.3) is 5.91 Å². The van der Waals surface area contributed by atoms with E-state index in [1.165, 1.54) is 21.8 Å². The first-order valence-electron chi connectivity index (χ1n) is 13.7. The van der Waals surface area contributed by atoms with E-state index in [0.29, 0.717) is 17.6 Å². The van der Waals surface area contributed by atoms with Gasteiger partial charge in [-0.05, 0) is 31.4 Å². The molecular formula is C30H49N5O3+2. The van der Waals surface area contributed by atoms with E-state index < -0.39 is 0 Å². The van der Waals surface area contributed by atoms with Gasteiger partial charge in [0.05, 0.1) is 59.4 Å². The number of carbonyl (C=O) groups is 3. The Morgan fingerprint density at radius 3 is 2.03 bits per heavy atom. The Kier molecular flexibility index (Phi) is 12.2. The van der Waals surface area contributed by atoms with Crippen LogP contribution in [0.2, 0.25) is 0 Å². The van der Waals surface area contributed by atoms with Gasteiger partial charge in [-0.15, -0.1) is 0 Å². The highest BCUT2D eigenvalue weighted by atomic mass is 16.2. The molecule has 1 aliphatic rings. The summed E-state index contributed by atoms with van der Waals surface area (Å²) in [4.78, 5) is 43.3. The van der Waals surface area contributed by atoms with E-state index in [1.807, 2.05) is 30.4 Å². The minimum atomic E-state index is -0.243. The highest BCUT2D eigenvalue weighted by Gasteiger charge is 2.33. The van der Waals surface area contributed by atoms with Crippen molar-refractivity contribution in [3.05, 3.63) is 61.2 Å². The molecule has 0 saturated carbocycles. The maximum Gasteiger partial charge on any atom is 0.278 e. The number of benzene rings is 1. The molecule has 0 radical (unpaired) electrons. The molecule has 0 spiro atoms. The van der Waals surface area contributed by atoms with Crippen LogP contribution >= 0.6 is 0 Å². The van der Waals surface area contributed by atoms with Crippen molar-refractivity contribution in [1.82, 2.24) is 14.7 Å². The van der Waals surface area contributed by atoms with Crippen molar-refractivity contribution in [1.29, 1.82) is 0 Å². The molecule has 1 aromatic rings. The Hall–Kier alpha value is -2.97. The molecule has 1 fully saturated rings. The van der Waals surface area contributed by atoms with Crippen LogP contribution in [0.5, 0.6) is 0 Å². The number of quaternary nitrogens is 2. The summed E-state index contributed by atoms with van der Waals surface area (Å²) in [6.45, 7) is 13.8. The Balaban J connectivity index is 1.85. The number of rotatable bonds is 15. The number of amides is 3. The topological polar surface area (TPSA) is 60.9 Å². The zero-order valence-corrected chi connectivity index (χ0v) is 24.1. The Bertz CT molecular complexity index is 944. The van der Waals surface area contributed by atoms with Crippen molar-refractivity contribution in [2.45, 2.75) is 25.8 Å². The van der Waals surface area contributed by atoms with Gasteiger partial charge in [0.2, 0.25) is 11.8 Å². The van der Waals surface area contributed by atoms with Crippen molar-refractivity contribution in [3.8, 4) is 0 Å². The van der Waals surface area contributed by atoms with Gasteiger partial charge in [-0.25, -0.2) is 0 Å². The smallest absolute Gasteiger partial charge is 0.278 e. The summed E-state index contributed by atoms with van der Waals surface area (Å²) in [7, 11) is 7.23. The van der Waals surface area contributed by atoms with E-state index in [-0.39, 0.29) is 30.8 Å². The van der Waals surface area contributed by atoms with Crippen LogP contribution in [0.15, 0.2) is 55.6 Å². The molecular weight excluding hydrogens is 478 g/mol. The maximum absolute atomic E-state index is 13.0. The van der Waals surface area contributed by atoms with Crippen molar-refractivity contribution in [2.24, 2.45) is 0 Å². The largest absolute Gasteiger partial charge is 0.339 e. The number of likely N-dealkylation sites (N-methyl/N-ethyl adjacent to an activating group) is 4. The molecule has 38 heavy (non-hydrogen) atoms. The fourth-order valence-corrected chi connectivity index (χ4v) is 5.18. The highest BCUT2D eigenvalue weighted by molar-refractivity contribution is 5.88. The Labute approximate surface area is 230 Å². The third-order valence-corrected chi connectivity index (χ3v) is 7.73. The van der Waals surface area contributed by atoms with Gasteiger partial charge in [-0.3, -0.25) is 14.4 Å². The normalized spacial score (nSPS) is 16.1. The SMILES string of the molecule is C=CC[N+](C)(CCN(C)C(=O)CN(C)C(=O)CN(C)C(=O)C[N+]1(CC=C)CCCCC1)Cc1ccccc1. The van der Waals surface area contributed by atoms with Gasteiger partial charge >= 0.3 is 0 Å². The number of hydrogen-bond acceptors (Lipinski definition) is 3. The molecule has 1 saturated heterocycles. The molecule has 3 amide bonds. The lowest BCUT2D eigenvalue weighted by Gasteiger charge is -2.41. The standard InChI is InChI=1S/C30H49N5O3/c1-7-18-34(6,25-27-15-11-9-12-16-27)22-17-31(3)28(36)23-32(4)29(37)24-33(5)30(38)26-35(19-8-2)20-13-10-14-21-35/h7-9,11-12,15-16H,1-2,10,13-14,17-26H2,3-6H3/q+2. The molecule has 1 unspecified atom stereocenters. The molecule has 1 aliphatic heterocycles. The lowest BCUT2D eigenvalue weighted by molar-refractivity contribution is -0.920. The van der Waals surface area contributed by atoms with Crippen LogP contribution in [0.25, 0.3) is 0 Å². The van der Waals surface area contributed by atoms with E-state index in [1.54, 1.807) is 26.0 Å². The Morgan fingerprint density at radius 2 is 1.45 bits per heavy atom. The van der Waals surface area contributed by atoms with Crippen LogP contribution in [0.3, 0.4) is 0 Å². The zero-order valence-electron chi connectivity index (χ0n) is 24.1. The molecule has 210 valence electrons. The number of piperidine rings is 1. The van der Waals surface area contributed by atoms with Crippen LogP contribution in [0.4, 0.5) is 0 Å². The van der Waals surface area contributed by atoms with Gasteiger partial charge < -0.3 is 23.7 Å². The summed E-state index contributed by atoms with van der Waals surface area (Å²) in [6, 6.07) is 10.3. The average molecular weight is 528 g/mol. The van der Waals surface area contributed by atoms with Crippen LogP contribution in [-0.4, -0.2) is 128 Å². The quantitative estimate of drug-likeness (QED) is 0.260. The first-order valence-corrected chi connectivity index (χ1v) is 13.7. The summed E-state index contributed by atoms with van der Waals surface area (Å²) >= 11 is 0. The molecule has 0 aromatic heterocycles. The first-order chi connectivity index (χ1) is 18.0. The molecule has 0 N–H and O–H groups in total. The molecule has 2 rings (SSSR count). The van der Waals surface area contributed by atoms with Crippen molar-refractivity contribution in [2.75, 3.05) is 87.1 Å². The fraction of sp³-hybridized carbons (Fsp3) is 0.567. The highest BCUT2D eigenvalue weighted by Crippen LogP contribution is 2.19. The predicted molar refractivity (Wildman–Crippen MR) is 153 cm³/mol. The summed E-state index contributed by atoms with van der Waals surface area (Å²) in [6.07, 6.45) is 7.23. The third kappa shape index (κ3) is 9.72.